The van der Waals surface area contributed by atoms with Crippen LogP contribution in [0.25, 0.3) is 124 Å². The third-order valence-corrected chi connectivity index (χ3v) is 18.7. The summed E-state index contributed by atoms with van der Waals surface area (Å²) in [4.78, 5) is 41.5. The molecule has 1 saturated heterocycles. The highest BCUT2D eigenvalue weighted by molar-refractivity contribution is 6.62. The molecule has 3 aromatic heterocycles. The number of hydrogen-bond acceptors (Lipinski definition) is 13. The Morgan fingerprint density at radius 2 is 0.509 bits per heavy atom. The molecule has 108 heavy (non-hydrogen) atoms. The van der Waals surface area contributed by atoms with E-state index in [1.165, 1.54) is 35.9 Å². The summed E-state index contributed by atoms with van der Waals surface area (Å²) in [6.07, 6.45) is 0. The number of halogens is 6. The van der Waals surface area contributed by atoms with Gasteiger partial charge in [-0.15, -0.1) is 0 Å². The lowest BCUT2D eigenvalue weighted by molar-refractivity contribution is 0.00578. The Labute approximate surface area is 638 Å². The summed E-state index contributed by atoms with van der Waals surface area (Å²) in [6, 6.07) is 96.9. The van der Waals surface area contributed by atoms with Gasteiger partial charge in [0.1, 0.15) is 17.5 Å². The van der Waals surface area contributed by atoms with Gasteiger partial charge in [-0.2, -0.15) is 9.97 Å². The molecule has 12 aromatic carbocycles. The van der Waals surface area contributed by atoms with Crippen LogP contribution in [0.1, 0.15) is 27.7 Å². The molecule has 16 rings (SSSR count). The van der Waals surface area contributed by atoms with E-state index >= 15 is 4.39 Å². The second-order valence-electron chi connectivity index (χ2n) is 25.8. The van der Waals surface area contributed by atoms with E-state index in [9.17, 15) is 8.78 Å². The lowest BCUT2D eigenvalue weighted by Gasteiger charge is -2.32. The molecule has 0 aliphatic carbocycles. The normalized spacial score (nSPS) is 12.5. The van der Waals surface area contributed by atoms with Crippen LogP contribution in [-0.4, -0.2) is 80.3 Å². The Hall–Kier alpha value is -11.7. The third kappa shape index (κ3) is 18.2. The quantitative estimate of drug-likeness (QED) is 0.104. The molecule has 13 nitrogen and oxygen atoms in total. The number of hydrogen-bond donors (Lipinski definition) is 2. The maximum atomic E-state index is 15.1. The van der Waals surface area contributed by atoms with Crippen molar-refractivity contribution in [1.29, 1.82) is 0 Å². The highest BCUT2D eigenvalue weighted by atomic mass is 35.5. The summed E-state index contributed by atoms with van der Waals surface area (Å²) in [5.74, 6) is 2.70. The number of aromatic nitrogens is 9. The van der Waals surface area contributed by atoms with Crippen molar-refractivity contribution in [1.82, 2.24) is 44.9 Å². The Kier molecular flexibility index (Phi) is 23.3. The van der Waals surface area contributed by atoms with Crippen molar-refractivity contribution in [2.24, 2.45) is 0 Å². The fraction of sp³-hybridized carbons (Fsp3) is 0.0690. The number of nitrogens with zero attached hydrogens (tertiary/aromatic N) is 9. The van der Waals surface area contributed by atoms with Gasteiger partial charge < -0.3 is 19.4 Å². The van der Waals surface area contributed by atoms with Crippen LogP contribution in [0.2, 0.25) is 15.3 Å². The predicted octanol–water partition coefficient (Wildman–Crippen LogP) is 20.0. The molecule has 0 amide bonds. The summed E-state index contributed by atoms with van der Waals surface area (Å²) in [5, 5.41) is 17.3. The highest BCUT2D eigenvalue weighted by Gasteiger charge is 2.52. The van der Waals surface area contributed by atoms with Crippen LogP contribution in [0.4, 0.5) is 13.2 Å². The molecule has 1 fully saturated rings. The van der Waals surface area contributed by atoms with Crippen LogP contribution in [-0.2, 0) is 9.31 Å². The van der Waals surface area contributed by atoms with Gasteiger partial charge in [-0.3, -0.25) is 0 Å². The lowest BCUT2D eigenvalue weighted by atomic mass is 9.78. The van der Waals surface area contributed by atoms with E-state index in [0.717, 1.165) is 67.3 Å². The van der Waals surface area contributed by atoms with Gasteiger partial charge in [-0.1, -0.05) is 284 Å². The molecule has 15 aromatic rings. The lowest BCUT2D eigenvalue weighted by Crippen LogP contribution is -2.41. The summed E-state index contributed by atoms with van der Waals surface area (Å²) in [6.45, 7) is 7.79. The first-order chi connectivity index (χ1) is 52.3. The van der Waals surface area contributed by atoms with Crippen molar-refractivity contribution >= 4 is 60.0 Å². The van der Waals surface area contributed by atoms with Gasteiger partial charge in [-0.25, -0.2) is 48.1 Å². The minimum Gasteiger partial charge on any atom is -0.423 e. The summed E-state index contributed by atoms with van der Waals surface area (Å²) in [7, 11) is -2.45. The zero-order chi connectivity index (χ0) is 75.3. The molecule has 0 spiro atoms. The first kappa shape index (κ1) is 74.6. The smallest absolute Gasteiger partial charge is 0.423 e. The fourth-order valence-corrected chi connectivity index (χ4v) is 11.9. The number of rotatable bonds is 13. The van der Waals surface area contributed by atoms with E-state index < -0.39 is 42.9 Å². The van der Waals surface area contributed by atoms with E-state index in [4.69, 9.17) is 74.1 Å². The highest BCUT2D eigenvalue weighted by Crippen LogP contribution is 2.38. The molecule has 2 N–H and O–H groups in total. The van der Waals surface area contributed by atoms with Crippen LogP contribution in [0.5, 0.6) is 0 Å². The van der Waals surface area contributed by atoms with Gasteiger partial charge in [0.25, 0.3) is 0 Å². The maximum Gasteiger partial charge on any atom is 0.497 e. The molecule has 0 bridgehead atoms. The molecule has 0 saturated carbocycles. The van der Waals surface area contributed by atoms with E-state index in [1.54, 1.807) is 18.2 Å². The van der Waals surface area contributed by atoms with Crippen molar-refractivity contribution in [2.45, 2.75) is 38.9 Å². The van der Waals surface area contributed by atoms with Crippen LogP contribution in [0.15, 0.2) is 309 Å². The molecule has 0 radical (unpaired) electrons. The van der Waals surface area contributed by atoms with Crippen molar-refractivity contribution in [3.63, 3.8) is 0 Å². The average molecular weight is 1490 g/mol. The number of benzene rings is 12. The molecule has 530 valence electrons. The van der Waals surface area contributed by atoms with Gasteiger partial charge in [0, 0.05) is 50.0 Å². The first-order valence-electron chi connectivity index (χ1n) is 34.3. The van der Waals surface area contributed by atoms with Crippen LogP contribution < -0.4 is 10.9 Å². The van der Waals surface area contributed by atoms with Crippen molar-refractivity contribution in [3.8, 4) is 124 Å². The van der Waals surface area contributed by atoms with Crippen molar-refractivity contribution in [3.05, 3.63) is 342 Å². The van der Waals surface area contributed by atoms with Gasteiger partial charge >= 0.3 is 14.2 Å². The van der Waals surface area contributed by atoms with E-state index in [-0.39, 0.29) is 20.8 Å². The Bertz CT molecular complexity index is 5560. The fourth-order valence-electron chi connectivity index (χ4n) is 11.4. The zero-order valence-corrected chi connectivity index (χ0v) is 60.9. The second-order valence-corrected chi connectivity index (χ2v) is 26.9. The van der Waals surface area contributed by atoms with Crippen LogP contribution in [0, 0.1) is 17.5 Å². The monoisotopic (exact) mass is 1480 g/mol. The van der Waals surface area contributed by atoms with Crippen LogP contribution >= 0.6 is 34.8 Å². The molecular formula is C87H65B2Cl3F3N9O4. The van der Waals surface area contributed by atoms with Gasteiger partial charge in [0.05, 0.1) is 21.2 Å². The largest absolute Gasteiger partial charge is 0.497 e. The van der Waals surface area contributed by atoms with Crippen molar-refractivity contribution in [2.75, 3.05) is 0 Å². The topological polar surface area (TPSA) is 175 Å². The summed E-state index contributed by atoms with van der Waals surface area (Å²) < 4.78 is 53.5. The van der Waals surface area contributed by atoms with E-state index in [2.05, 4.69) is 85.6 Å². The maximum absolute atomic E-state index is 15.1. The van der Waals surface area contributed by atoms with Crippen molar-refractivity contribution < 1.29 is 32.5 Å². The van der Waals surface area contributed by atoms with E-state index in [0.29, 0.717) is 63.2 Å². The first-order valence-corrected chi connectivity index (χ1v) is 35.4. The van der Waals surface area contributed by atoms with Gasteiger partial charge in [-0.05, 0) is 127 Å². The molecular weight excluding hydrogens is 1420 g/mol. The minimum absolute atomic E-state index is 0.0259. The van der Waals surface area contributed by atoms with Gasteiger partial charge in [0.2, 0.25) is 5.28 Å². The molecule has 21 heteroatoms. The Morgan fingerprint density at radius 3 is 0.815 bits per heavy atom. The second kappa shape index (κ2) is 33.8. The Morgan fingerprint density at radius 1 is 0.278 bits per heavy atom. The molecule has 1 aliphatic rings. The average Bonchev–Trinajstić information content (AvgIpc) is 1.61. The molecule has 0 unspecified atom stereocenters. The minimum atomic E-state index is -1.60. The predicted molar refractivity (Wildman–Crippen MR) is 426 cm³/mol. The van der Waals surface area contributed by atoms with E-state index in [1.807, 2.05) is 222 Å². The van der Waals surface area contributed by atoms with Gasteiger partial charge in [0.15, 0.2) is 46.6 Å². The Balaban J connectivity index is 0.000000136. The summed E-state index contributed by atoms with van der Waals surface area (Å²) in [5.41, 5.74) is 12.6. The third-order valence-electron chi connectivity index (χ3n) is 17.9. The zero-order valence-electron chi connectivity index (χ0n) is 58.6. The SMILES string of the molecule is CC1(C)OB(c2cc(-c3nc(-c4ccccc4)nc(-c4ccc(-c5ccccc5)cc4)n3)ccc2F)OC1(C)C.Clc1nc(-c2ccccc2)nc(-c2ccc(-c3ccccc3)cc2)n1.Fc1ccc(-c2nc(-c3ccccc3)nc(-c3ccc(-c4ccccc4)cc3)n2)cc1Cl.OB(O)c1ccc(F)c(Cl)c1. The molecule has 1 aliphatic heterocycles. The van der Waals surface area contributed by atoms with Crippen LogP contribution in [0.3, 0.4) is 0 Å². The molecule has 0 atom stereocenters. The summed E-state index contributed by atoms with van der Waals surface area (Å²) >= 11 is 17.5. The standard InChI is InChI=1S/C33H29BFN3O2.C27H17ClFN3.C21H14ClN3.C6H5BClFO2/c1-32(2)33(3,4)40-34(39-32)27-21-26(19-20-28(27)35)31-37-29(24-13-9-6-10-14-24)36-30(38-31)25-17-15-23(16-18-25)22-11-7-5-8-12-22;28-23-17-22(15-16-24(23)29)27-31-25(20-9-5-2-6-10-20)30-26(32-27)21-13-11-19(12-14-21)18-7-3-1-4-8-18;22-21-24-19(17-9-5-2-6-10-17)23-20(25-21)18-13-11-16(12-14-18)15-7-3-1-4-8-15;8-5-3-4(7(10)11)1-2-6(5)9/h5-21H,1-4H3;1-17H;1-14H;1-3,10-11H. The molecule has 4 heterocycles.